The Morgan fingerprint density at radius 2 is 0.848 bits per heavy atom. The van der Waals surface area contributed by atoms with Gasteiger partial charge in [0.05, 0.1) is 0 Å². The van der Waals surface area contributed by atoms with Crippen molar-refractivity contribution in [1.29, 1.82) is 0 Å². The van der Waals surface area contributed by atoms with Crippen LogP contribution in [0.4, 0.5) is 5.69 Å². The zero-order chi connectivity index (χ0) is 23.4. The van der Waals surface area contributed by atoms with Crippen LogP contribution in [0.5, 0.6) is 0 Å². The van der Waals surface area contributed by atoms with E-state index < -0.39 is 26.0 Å². The third-order valence-corrected chi connectivity index (χ3v) is 16.3. The van der Waals surface area contributed by atoms with Crippen molar-refractivity contribution in [3.8, 4) is 0 Å². The zero-order valence-electron chi connectivity index (χ0n) is 17.2. The van der Waals surface area contributed by atoms with E-state index in [1.807, 2.05) is 54.6 Å². The molecular formula is C24H16Cl5NOSiZn. The number of nitrogens with one attached hydrogen (secondary N) is 1. The molecular weight excluding hydrogens is 589 g/mol. The topological polar surface area (TPSA) is 21.3 Å². The first kappa shape index (κ1) is 25.0. The van der Waals surface area contributed by atoms with Gasteiger partial charge in [-0.25, -0.2) is 0 Å². The molecule has 4 aromatic rings. The van der Waals surface area contributed by atoms with Crippen LogP contribution in [0.15, 0.2) is 91.0 Å². The van der Waals surface area contributed by atoms with Gasteiger partial charge in [0.1, 0.15) is 0 Å². The summed E-state index contributed by atoms with van der Waals surface area (Å²) in [6.07, 6.45) is 0. The first-order valence-corrected chi connectivity index (χ1v) is 16.5. The van der Waals surface area contributed by atoms with Crippen LogP contribution in [0.25, 0.3) is 0 Å². The van der Waals surface area contributed by atoms with Crippen molar-refractivity contribution in [3.05, 3.63) is 116 Å². The van der Waals surface area contributed by atoms with Crippen molar-refractivity contribution in [3.63, 3.8) is 0 Å². The molecule has 164 valence electrons. The van der Waals surface area contributed by atoms with E-state index in [9.17, 15) is 0 Å². The molecule has 0 saturated heterocycles. The molecule has 0 radical (unpaired) electrons. The van der Waals surface area contributed by atoms with Gasteiger partial charge in [-0.3, -0.25) is 0 Å². The fraction of sp³-hybridized carbons (Fsp3) is 0. The zero-order valence-corrected chi connectivity index (χ0v) is 24.9. The van der Waals surface area contributed by atoms with E-state index in [0.717, 1.165) is 15.6 Å². The molecule has 0 atom stereocenters. The Hall–Kier alpha value is -1.07. The van der Waals surface area contributed by atoms with Gasteiger partial charge in [-0.2, -0.15) is 0 Å². The van der Waals surface area contributed by atoms with Crippen molar-refractivity contribution in [2.24, 2.45) is 0 Å². The summed E-state index contributed by atoms with van der Waals surface area (Å²) in [7, 11) is -2.81. The molecule has 0 aliphatic heterocycles. The van der Waals surface area contributed by atoms with E-state index >= 15 is 0 Å². The average Bonchev–Trinajstić information content (AvgIpc) is 2.88. The molecule has 0 heterocycles. The van der Waals surface area contributed by atoms with Crippen LogP contribution in [0.3, 0.4) is 0 Å². The molecule has 1 N–H and O–H groups in total. The van der Waals surface area contributed by atoms with Gasteiger partial charge in [0, 0.05) is 0 Å². The first-order chi connectivity index (χ1) is 16.0. The molecule has 33 heavy (non-hydrogen) atoms. The van der Waals surface area contributed by atoms with E-state index in [1.54, 1.807) is 0 Å². The monoisotopic (exact) mass is 601 g/mol. The minimum atomic E-state index is -2.81. The van der Waals surface area contributed by atoms with Crippen LogP contribution in [-0.2, 0) is 21.0 Å². The molecule has 0 amide bonds. The Bertz CT molecular complexity index is 1120. The van der Waals surface area contributed by atoms with E-state index in [1.165, 1.54) is 0 Å². The van der Waals surface area contributed by atoms with Gasteiger partial charge in [-0.1, -0.05) is 0 Å². The Morgan fingerprint density at radius 1 is 0.515 bits per heavy atom. The summed E-state index contributed by atoms with van der Waals surface area (Å²) in [6.45, 7) is 0. The van der Waals surface area contributed by atoms with Crippen LogP contribution in [0.1, 0.15) is 0 Å². The Balaban J connectivity index is 1.79. The van der Waals surface area contributed by atoms with Gasteiger partial charge in [-0.05, 0) is 0 Å². The predicted molar refractivity (Wildman–Crippen MR) is 140 cm³/mol. The third kappa shape index (κ3) is 5.00. The number of hydrogen-bond acceptors (Lipinski definition) is 2. The number of halogens is 5. The molecule has 0 saturated carbocycles. The van der Waals surface area contributed by atoms with Gasteiger partial charge in [0.25, 0.3) is 0 Å². The molecule has 0 spiro atoms. The van der Waals surface area contributed by atoms with Crippen molar-refractivity contribution in [2.75, 3.05) is 4.06 Å². The van der Waals surface area contributed by atoms with E-state index in [-0.39, 0.29) is 25.1 Å². The maximum atomic E-state index is 6.99. The van der Waals surface area contributed by atoms with Gasteiger partial charge in [0.2, 0.25) is 0 Å². The van der Waals surface area contributed by atoms with E-state index in [4.69, 9.17) is 61.3 Å². The van der Waals surface area contributed by atoms with Gasteiger partial charge < -0.3 is 0 Å². The fourth-order valence-corrected chi connectivity index (χ4v) is 15.3. The second-order valence-electron chi connectivity index (χ2n) is 7.19. The summed E-state index contributed by atoms with van der Waals surface area (Å²) >= 11 is 29.6. The Morgan fingerprint density at radius 3 is 1.21 bits per heavy atom. The summed E-state index contributed by atoms with van der Waals surface area (Å²) in [5.41, 5.74) is 0.454. The molecule has 0 fully saturated rings. The van der Waals surface area contributed by atoms with Crippen molar-refractivity contribution in [1.82, 2.24) is 0 Å². The molecule has 0 bridgehead atoms. The number of anilines is 1. The first-order valence-electron chi connectivity index (χ1n) is 10.0. The molecule has 0 aromatic heterocycles. The standard InChI is InChI=1S/C18H15OSi.C6HCl5N.Zn/c19-20(16-10-4-1-5-11-16,17-12-6-2-7-13-17)18-14-8-3-9-15-18;7-1-2(8)4(10)6(12)5(11)3(1)9;/h1-15H;12H;/q2*-1;+2. The summed E-state index contributed by atoms with van der Waals surface area (Å²) in [6, 6.07) is 31.1. The molecule has 2 nitrogen and oxygen atoms in total. The fourth-order valence-electron chi connectivity index (χ4n) is 3.75. The van der Waals surface area contributed by atoms with Crippen LogP contribution in [0, 0.1) is 0 Å². The average molecular weight is 605 g/mol. The summed E-state index contributed by atoms with van der Waals surface area (Å²) in [5, 5.41) is 4.38. The molecule has 4 aromatic carbocycles. The van der Waals surface area contributed by atoms with Crippen molar-refractivity contribution in [2.45, 2.75) is 0 Å². The third-order valence-electron chi connectivity index (χ3n) is 5.29. The van der Waals surface area contributed by atoms with Gasteiger partial charge >= 0.3 is 229 Å². The second-order valence-corrected chi connectivity index (χ2v) is 15.6. The van der Waals surface area contributed by atoms with E-state index in [0.29, 0.717) is 5.69 Å². The van der Waals surface area contributed by atoms with Crippen LogP contribution in [0.2, 0.25) is 25.1 Å². The SMILES string of the molecule is Clc1c(Cl)c(Cl)c([NH][Zn][O][Si](c2ccccc2)(c2ccccc2)c2ccccc2)c(Cl)c1Cl. The number of hydrogen-bond donors (Lipinski definition) is 1. The molecule has 0 unspecified atom stereocenters. The van der Waals surface area contributed by atoms with Gasteiger partial charge in [0.15, 0.2) is 0 Å². The number of benzene rings is 4. The summed E-state index contributed by atoms with van der Waals surface area (Å²) in [4.78, 5) is 0. The summed E-state index contributed by atoms with van der Waals surface area (Å²) in [5.74, 6) is 0. The molecule has 0 aliphatic rings. The molecule has 4 rings (SSSR count). The second kappa shape index (κ2) is 11.1. The van der Waals surface area contributed by atoms with Crippen LogP contribution >= 0.6 is 58.0 Å². The Labute approximate surface area is 227 Å². The van der Waals surface area contributed by atoms with Crippen molar-refractivity contribution < 1.29 is 21.0 Å². The van der Waals surface area contributed by atoms with Crippen LogP contribution < -0.4 is 19.6 Å². The minimum absolute atomic E-state index is 0.133. The van der Waals surface area contributed by atoms with Crippen molar-refractivity contribution >= 4 is 87.6 Å². The molecule has 9 heteroatoms. The molecule has 0 aliphatic carbocycles. The quantitative estimate of drug-likeness (QED) is 0.107. The van der Waals surface area contributed by atoms with E-state index in [2.05, 4.69) is 40.5 Å². The van der Waals surface area contributed by atoms with Crippen LogP contribution in [-0.4, -0.2) is 8.32 Å². The predicted octanol–water partition coefficient (Wildman–Crippen LogP) is 6.96. The normalized spacial score (nSPS) is 11.2. The Kier molecular flexibility index (Phi) is 8.43. The van der Waals surface area contributed by atoms with Gasteiger partial charge in [-0.15, -0.1) is 0 Å². The number of rotatable bonds is 7. The summed E-state index contributed by atoms with van der Waals surface area (Å²) < 4.78 is 10.4. The maximum absolute atomic E-state index is 6.99.